The fraction of sp³-hybridized carbons (Fsp3) is 0.500. The summed E-state index contributed by atoms with van der Waals surface area (Å²) in [6.45, 7) is 5.03. The summed E-state index contributed by atoms with van der Waals surface area (Å²) in [5.41, 5.74) is 7.46. The van der Waals surface area contributed by atoms with Crippen molar-refractivity contribution in [2.45, 2.75) is 13.0 Å². The Labute approximate surface area is 119 Å². The largest absolute Gasteiger partial charge is 0.497 e. The molecule has 3 N–H and O–H groups in total. The number of hydrogen-bond acceptors (Lipinski definition) is 5. The van der Waals surface area contributed by atoms with Gasteiger partial charge in [0.1, 0.15) is 5.75 Å². The highest BCUT2D eigenvalue weighted by atomic mass is 16.5. The molecule has 1 unspecified atom stereocenters. The molecule has 0 radical (unpaired) electrons. The molecule has 1 saturated heterocycles. The Morgan fingerprint density at radius 1 is 1.45 bits per heavy atom. The highest BCUT2D eigenvalue weighted by Gasteiger charge is 2.24. The molecular weight excluding hydrogens is 256 g/mol. The summed E-state index contributed by atoms with van der Waals surface area (Å²) in [6.07, 6.45) is 0. The van der Waals surface area contributed by atoms with Crippen molar-refractivity contribution < 1.29 is 9.94 Å². The molecule has 6 nitrogen and oxygen atoms in total. The van der Waals surface area contributed by atoms with Gasteiger partial charge in [-0.15, -0.1) is 0 Å². The Bertz CT molecular complexity index is 504. The molecule has 1 aliphatic heterocycles. The second kappa shape index (κ2) is 6.00. The molecule has 1 aliphatic rings. The lowest BCUT2D eigenvalue weighted by Crippen LogP contribution is -2.51. The zero-order valence-electron chi connectivity index (χ0n) is 12.2. The minimum atomic E-state index is 0.119. The van der Waals surface area contributed by atoms with E-state index in [4.69, 9.17) is 15.7 Å². The van der Waals surface area contributed by atoms with Crippen molar-refractivity contribution in [2.24, 2.45) is 10.9 Å². The summed E-state index contributed by atoms with van der Waals surface area (Å²) in [7, 11) is 3.75. The molecule has 2 rings (SSSR count). The summed E-state index contributed by atoms with van der Waals surface area (Å²) in [4.78, 5) is 4.57. The van der Waals surface area contributed by atoms with Crippen molar-refractivity contribution in [2.75, 3.05) is 38.7 Å². The van der Waals surface area contributed by atoms with Crippen LogP contribution < -0.4 is 15.4 Å². The van der Waals surface area contributed by atoms with Crippen molar-refractivity contribution in [1.82, 2.24) is 4.90 Å². The Kier molecular flexibility index (Phi) is 4.34. The average molecular weight is 278 g/mol. The first-order valence-electron chi connectivity index (χ1n) is 6.68. The number of ether oxygens (including phenoxy) is 1. The number of nitrogens with zero attached hydrogens (tertiary/aromatic N) is 3. The molecule has 1 atom stereocenters. The Morgan fingerprint density at radius 3 is 2.80 bits per heavy atom. The van der Waals surface area contributed by atoms with Crippen LogP contribution in [0.25, 0.3) is 0 Å². The summed E-state index contributed by atoms with van der Waals surface area (Å²) in [6, 6.07) is 5.94. The molecule has 20 heavy (non-hydrogen) atoms. The third kappa shape index (κ3) is 2.80. The third-order valence-electron chi connectivity index (χ3n) is 3.73. The number of rotatable bonds is 3. The van der Waals surface area contributed by atoms with Gasteiger partial charge in [-0.2, -0.15) is 0 Å². The second-order valence-electron chi connectivity index (χ2n) is 5.17. The molecule has 110 valence electrons. The van der Waals surface area contributed by atoms with E-state index >= 15 is 0 Å². The Morgan fingerprint density at radius 2 is 2.20 bits per heavy atom. The smallest absolute Gasteiger partial charge is 0.172 e. The summed E-state index contributed by atoms with van der Waals surface area (Å²) in [5.74, 6) is 0.884. The van der Waals surface area contributed by atoms with E-state index in [9.17, 15) is 0 Å². The van der Waals surface area contributed by atoms with E-state index in [0.29, 0.717) is 6.04 Å². The van der Waals surface area contributed by atoms with Crippen molar-refractivity contribution in [1.29, 1.82) is 0 Å². The topological polar surface area (TPSA) is 74.3 Å². The van der Waals surface area contributed by atoms with Gasteiger partial charge in [0.25, 0.3) is 0 Å². The SMILES string of the molecule is COc1ccc(/C(N)=N/O)c(N2CCN(C)CC2C)c1. The number of piperazine rings is 1. The first kappa shape index (κ1) is 14.5. The number of hydrogen-bond donors (Lipinski definition) is 2. The number of nitrogens with two attached hydrogens (primary N) is 1. The van der Waals surface area contributed by atoms with Gasteiger partial charge in [-0.05, 0) is 26.1 Å². The molecule has 6 heteroatoms. The maximum atomic E-state index is 8.95. The molecule has 0 bridgehead atoms. The van der Waals surface area contributed by atoms with E-state index in [1.165, 1.54) is 0 Å². The molecule has 0 saturated carbocycles. The summed E-state index contributed by atoms with van der Waals surface area (Å²) < 4.78 is 5.29. The number of anilines is 1. The number of oxime groups is 1. The highest BCUT2D eigenvalue weighted by molar-refractivity contribution is 6.02. The van der Waals surface area contributed by atoms with E-state index < -0.39 is 0 Å². The van der Waals surface area contributed by atoms with Crippen LogP contribution in [0.15, 0.2) is 23.4 Å². The monoisotopic (exact) mass is 278 g/mol. The molecular formula is C14H22N4O2. The molecule has 1 heterocycles. The minimum Gasteiger partial charge on any atom is -0.497 e. The lowest BCUT2D eigenvalue weighted by molar-refractivity contribution is 0.275. The quantitative estimate of drug-likeness (QED) is 0.372. The Hall–Kier alpha value is -1.95. The van der Waals surface area contributed by atoms with E-state index in [2.05, 4.69) is 28.9 Å². The van der Waals surface area contributed by atoms with Crippen molar-refractivity contribution in [3.63, 3.8) is 0 Å². The van der Waals surface area contributed by atoms with Crippen molar-refractivity contribution in [3.8, 4) is 5.75 Å². The number of benzene rings is 1. The molecule has 1 fully saturated rings. The predicted octanol–water partition coefficient (Wildman–Crippen LogP) is 0.930. The summed E-state index contributed by atoms with van der Waals surface area (Å²) >= 11 is 0. The van der Waals surface area contributed by atoms with Gasteiger partial charge < -0.3 is 25.5 Å². The van der Waals surface area contributed by atoms with Gasteiger partial charge >= 0.3 is 0 Å². The van der Waals surface area contributed by atoms with E-state index in [1.807, 2.05) is 18.2 Å². The molecule has 0 aliphatic carbocycles. The molecule has 0 spiro atoms. The highest BCUT2D eigenvalue weighted by Crippen LogP contribution is 2.29. The maximum Gasteiger partial charge on any atom is 0.172 e. The standard InChI is InChI=1S/C14H22N4O2/c1-10-9-17(2)6-7-18(10)13-8-11(20-3)4-5-12(13)14(15)16-19/h4-5,8,10,19H,6-7,9H2,1-3H3,(H2,15,16). The molecule has 1 aromatic carbocycles. The van der Waals surface area contributed by atoms with Gasteiger partial charge in [0, 0.05) is 37.3 Å². The lowest BCUT2D eigenvalue weighted by atomic mass is 10.1. The average Bonchev–Trinajstić information content (AvgIpc) is 2.46. The van der Waals surface area contributed by atoms with Gasteiger partial charge in [0.05, 0.1) is 12.8 Å². The first-order chi connectivity index (χ1) is 9.56. The van der Waals surface area contributed by atoms with Crippen molar-refractivity contribution >= 4 is 11.5 Å². The first-order valence-corrected chi connectivity index (χ1v) is 6.68. The fourth-order valence-corrected chi connectivity index (χ4v) is 2.64. The number of likely N-dealkylation sites (N-methyl/N-ethyl adjacent to an activating group) is 1. The molecule has 0 aromatic heterocycles. The number of methoxy groups -OCH3 is 1. The number of amidine groups is 1. The van der Waals surface area contributed by atoms with Crippen LogP contribution in [-0.2, 0) is 0 Å². The van der Waals surface area contributed by atoms with Gasteiger partial charge in [-0.3, -0.25) is 0 Å². The fourth-order valence-electron chi connectivity index (χ4n) is 2.64. The molecule has 0 amide bonds. The van der Waals surface area contributed by atoms with Crippen LogP contribution in [0.2, 0.25) is 0 Å². The van der Waals surface area contributed by atoms with E-state index in [1.54, 1.807) is 7.11 Å². The van der Waals surface area contributed by atoms with E-state index in [0.717, 1.165) is 36.6 Å². The van der Waals surface area contributed by atoms with Gasteiger partial charge in [0.15, 0.2) is 5.84 Å². The zero-order chi connectivity index (χ0) is 14.7. The van der Waals surface area contributed by atoms with Crippen LogP contribution in [-0.4, -0.2) is 55.8 Å². The van der Waals surface area contributed by atoms with Crippen LogP contribution in [0.5, 0.6) is 5.75 Å². The second-order valence-corrected chi connectivity index (χ2v) is 5.17. The normalized spacial score (nSPS) is 21.1. The molecule has 1 aromatic rings. The predicted molar refractivity (Wildman–Crippen MR) is 79.8 cm³/mol. The van der Waals surface area contributed by atoms with Gasteiger partial charge in [-0.25, -0.2) is 0 Å². The van der Waals surface area contributed by atoms with Gasteiger partial charge in [0.2, 0.25) is 0 Å². The maximum absolute atomic E-state index is 8.95. The summed E-state index contributed by atoms with van der Waals surface area (Å²) in [5, 5.41) is 12.1. The van der Waals surface area contributed by atoms with Crippen molar-refractivity contribution in [3.05, 3.63) is 23.8 Å². The third-order valence-corrected chi connectivity index (χ3v) is 3.73. The zero-order valence-corrected chi connectivity index (χ0v) is 12.2. The van der Waals surface area contributed by atoms with Crippen LogP contribution in [0.3, 0.4) is 0 Å². The van der Waals surface area contributed by atoms with Crippen LogP contribution in [0.4, 0.5) is 5.69 Å². The lowest BCUT2D eigenvalue weighted by Gasteiger charge is -2.40. The minimum absolute atomic E-state index is 0.119. The van der Waals surface area contributed by atoms with Gasteiger partial charge in [-0.1, -0.05) is 5.16 Å². The van der Waals surface area contributed by atoms with Crippen LogP contribution in [0.1, 0.15) is 12.5 Å². The van der Waals surface area contributed by atoms with Crippen LogP contribution >= 0.6 is 0 Å². The van der Waals surface area contributed by atoms with E-state index in [-0.39, 0.29) is 5.84 Å². The Balaban J connectivity index is 2.42. The van der Waals surface area contributed by atoms with Crippen LogP contribution in [0, 0.1) is 0 Å².